The maximum atomic E-state index is 11.7. The van der Waals surface area contributed by atoms with Gasteiger partial charge in [-0.25, -0.2) is 0 Å². The van der Waals surface area contributed by atoms with E-state index in [-0.39, 0.29) is 22.3 Å². The molecular weight excluding hydrogens is 352 g/mol. The van der Waals surface area contributed by atoms with Crippen molar-refractivity contribution in [3.8, 4) is 5.75 Å². The van der Waals surface area contributed by atoms with Crippen LogP contribution in [-0.2, 0) is 4.79 Å². The van der Waals surface area contributed by atoms with E-state index in [1.165, 1.54) is 42.7 Å². The summed E-state index contributed by atoms with van der Waals surface area (Å²) in [6.45, 7) is -0.493. The first-order valence-electron chi connectivity index (χ1n) is 6.77. The molecular formula is C14H12N4O6S. The molecule has 0 aliphatic heterocycles. The number of furan rings is 1. The molecule has 0 atom stereocenters. The number of nitro groups is 1. The number of hydrazine groups is 1. The predicted molar refractivity (Wildman–Crippen MR) is 88.6 cm³/mol. The molecule has 1 aromatic carbocycles. The van der Waals surface area contributed by atoms with Gasteiger partial charge in [-0.2, -0.15) is 0 Å². The molecule has 0 fully saturated rings. The number of carbonyl (C=O) groups excluding carboxylic acids is 2. The van der Waals surface area contributed by atoms with Crippen LogP contribution in [0.2, 0.25) is 0 Å². The van der Waals surface area contributed by atoms with E-state index in [9.17, 15) is 19.7 Å². The van der Waals surface area contributed by atoms with Crippen LogP contribution in [0.25, 0.3) is 0 Å². The summed E-state index contributed by atoms with van der Waals surface area (Å²) in [5.41, 5.74) is 4.22. The summed E-state index contributed by atoms with van der Waals surface area (Å²) in [4.78, 5) is 33.5. The zero-order chi connectivity index (χ0) is 18.2. The predicted octanol–water partition coefficient (Wildman–Crippen LogP) is 0.902. The molecule has 10 nitrogen and oxygen atoms in total. The summed E-state index contributed by atoms with van der Waals surface area (Å²) in [7, 11) is 0. The molecule has 0 aliphatic rings. The van der Waals surface area contributed by atoms with Crippen molar-refractivity contribution in [3.05, 3.63) is 58.5 Å². The van der Waals surface area contributed by atoms with Gasteiger partial charge in [0.05, 0.1) is 11.2 Å². The Morgan fingerprint density at radius 1 is 1.20 bits per heavy atom. The van der Waals surface area contributed by atoms with Crippen molar-refractivity contribution in [1.29, 1.82) is 0 Å². The van der Waals surface area contributed by atoms with Crippen molar-refractivity contribution < 1.29 is 23.7 Å². The van der Waals surface area contributed by atoms with Gasteiger partial charge in [-0.15, -0.1) is 0 Å². The van der Waals surface area contributed by atoms with Gasteiger partial charge in [0.15, 0.2) is 23.2 Å². The first-order chi connectivity index (χ1) is 12.0. The summed E-state index contributed by atoms with van der Waals surface area (Å²) in [6, 6.07) is 8.62. The van der Waals surface area contributed by atoms with Gasteiger partial charge in [0, 0.05) is 6.07 Å². The number of para-hydroxylation sites is 2. The van der Waals surface area contributed by atoms with E-state index in [1.54, 1.807) is 0 Å². The van der Waals surface area contributed by atoms with Crippen LogP contribution in [0.4, 0.5) is 5.69 Å². The smallest absolute Gasteiger partial charge is 0.310 e. The number of ether oxygens (including phenoxy) is 1. The second kappa shape index (κ2) is 8.40. The van der Waals surface area contributed by atoms with Crippen LogP contribution in [0.1, 0.15) is 10.6 Å². The maximum Gasteiger partial charge on any atom is 0.310 e. The van der Waals surface area contributed by atoms with Crippen LogP contribution in [0, 0.1) is 10.1 Å². The van der Waals surface area contributed by atoms with E-state index < -0.39 is 23.3 Å². The highest BCUT2D eigenvalue weighted by Gasteiger charge is 2.15. The molecule has 0 unspecified atom stereocenters. The molecule has 1 heterocycles. The SMILES string of the molecule is O=C(COc1ccccc1[N+](=O)[O-])NNC(=S)NC(=O)c1ccco1. The number of amides is 2. The quantitative estimate of drug-likeness (QED) is 0.404. The average Bonchev–Trinajstić information content (AvgIpc) is 3.13. The fourth-order valence-corrected chi connectivity index (χ4v) is 1.78. The lowest BCUT2D eigenvalue weighted by Crippen LogP contribution is -2.49. The molecule has 3 N–H and O–H groups in total. The normalized spacial score (nSPS) is 9.76. The molecule has 0 saturated heterocycles. The number of carbonyl (C=O) groups is 2. The molecule has 11 heteroatoms. The molecule has 1 aromatic heterocycles. The molecule has 2 aromatic rings. The van der Waals surface area contributed by atoms with Crippen LogP contribution < -0.4 is 20.9 Å². The second-order valence-electron chi connectivity index (χ2n) is 4.45. The average molecular weight is 364 g/mol. The van der Waals surface area contributed by atoms with Crippen LogP contribution in [0.15, 0.2) is 47.1 Å². The Hall–Kier alpha value is -3.47. The van der Waals surface area contributed by atoms with Gasteiger partial charge in [-0.05, 0) is 30.4 Å². The fraction of sp³-hybridized carbons (Fsp3) is 0.0714. The first-order valence-corrected chi connectivity index (χ1v) is 7.18. The number of nitrogens with one attached hydrogen (secondary N) is 3. The Bertz CT molecular complexity index is 792. The van der Waals surface area contributed by atoms with Crippen molar-refractivity contribution >= 4 is 34.8 Å². The Morgan fingerprint density at radius 3 is 2.64 bits per heavy atom. The van der Waals surface area contributed by atoms with E-state index in [1.807, 2.05) is 0 Å². The number of nitrogens with zero attached hydrogens (tertiary/aromatic N) is 1. The monoisotopic (exact) mass is 364 g/mol. The van der Waals surface area contributed by atoms with Gasteiger partial charge >= 0.3 is 5.69 Å². The van der Waals surface area contributed by atoms with Crippen molar-refractivity contribution in [1.82, 2.24) is 16.2 Å². The molecule has 0 radical (unpaired) electrons. The summed E-state index contributed by atoms with van der Waals surface area (Å²) >= 11 is 4.83. The van der Waals surface area contributed by atoms with E-state index in [0.717, 1.165) is 0 Å². The highest BCUT2D eigenvalue weighted by molar-refractivity contribution is 7.80. The largest absolute Gasteiger partial charge is 0.477 e. The lowest BCUT2D eigenvalue weighted by Gasteiger charge is -2.10. The standard InChI is InChI=1S/C14H12N4O6S/c19-12(8-24-10-5-2-1-4-9(10)18(21)22)16-17-14(25)15-13(20)11-6-3-7-23-11/h1-7H,8H2,(H,16,19)(H2,15,17,20,25). The summed E-state index contributed by atoms with van der Waals surface area (Å²) in [6.07, 6.45) is 1.33. The third kappa shape index (κ3) is 5.28. The molecule has 0 bridgehead atoms. The van der Waals surface area contributed by atoms with E-state index in [2.05, 4.69) is 16.2 Å². The van der Waals surface area contributed by atoms with Crippen molar-refractivity contribution in [2.75, 3.05) is 6.61 Å². The molecule has 2 rings (SSSR count). The highest BCUT2D eigenvalue weighted by Crippen LogP contribution is 2.25. The number of hydrogen-bond donors (Lipinski definition) is 3. The number of thiocarbonyl (C=S) groups is 1. The first kappa shape index (κ1) is 17.9. The Kier molecular flexibility index (Phi) is 6.01. The summed E-state index contributed by atoms with van der Waals surface area (Å²) < 4.78 is 9.97. The van der Waals surface area contributed by atoms with E-state index in [4.69, 9.17) is 21.4 Å². The van der Waals surface area contributed by atoms with Gasteiger partial charge in [0.1, 0.15) is 0 Å². The number of hydrogen-bond acceptors (Lipinski definition) is 7. The van der Waals surface area contributed by atoms with Crippen LogP contribution in [0.3, 0.4) is 0 Å². The summed E-state index contributed by atoms with van der Waals surface area (Å²) in [5, 5.41) is 12.9. The minimum atomic E-state index is -0.659. The van der Waals surface area contributed by atoms with E-state index >= 15 is 0 Å². The minimum absolute atomic E-state index is 0.0450. The molecule has 0 spiro atoms. The van der Waals surface area contributed by atoms with Crippen LogP contribution in [0.5, 0.6) is 5.75 Å². The van der Waals surface area contributed by atoms with Crippen molar-refractivity contribution in [2.45, 2.75) is 0 Å². The Labute approximate surface area is 146 Å². The zero-order valence-electron chi connectivity index (χ0n) is 12.6. The third-order valence-electron chi connectivity index (χ3n) is 2.71. The molecule has 25 heavy (non-hydrogen) atoms. The summed E-state index contributed by atoms with van der Waals surface area (Å²) in [5.74, 6) is -1.24. The molecule has 0 saturated carbocycles. The lowest BCUT2D eigenvalue weighted by atomic mass is 10.3. The van der Waals surface area contributed by atoms with Crippen molar-refractivity contribution in [3.63, 3.8) is 0 Å². The maximum absolute atomic E-state index is 11.7. The van der Waals surface area contributed by atoms with Crippen LogP contribution in [-0.4, -0.2) is 28.5 Å². The lowest BCUT2D eigenvalue weighted by molar-refractivity contribution is -0.385. The van der Waals surface area contributed by atoms with Gasteiger partial charge in [-0.3, -0.25) is 35.9 Å². The zero-order valence-corrected chi connectivity index (χ0v) is 13.4. The second-order valence-corrected chi connectivity index (χ2v) is 4.86. The third-order valence-corrected chi connectivity index (χ3v) is 2.91. The Balaban J connectivity index is 1.76. The van der Waals surface area contributed by atoms with Crippen molar-refractivity contribution in [2.24, 2.45) is 0 Å². The van der Waals surface area contributed by atoms with E-state index in [0.29, 0.717) is 0 Å². The topological polar surface area (TPSA) is 136 Å². The van der Waals surface area contributed by atoms with Gasteiger partial charge in [-0.1, -0.05) is 12.1 Å². The van der Waals surface area contributed by atoms with Gasteiger partial charge < -0.3 is 9.15 Å². The molecule has 2 amide bonds. The highest BCUT2D eigenvalue weighted by atomic mass is 32.1. The molecule has 0 aliphatic carbocycles. The van der Waals surface area contributed by atoms with Crippen LogP contribution >= 0.6 is 12.2 Å². The fourth-order valence-electron chi connectivity index (χ4n) is 1.64. The molecule has 130 valence electrons. The Morgan fingerprint density at radius 2 is 1.96 bits per heavy atom. The number of nitro benzene ring substituents is 1. The van der Waals surface area contributed by atoms with Gasteiger partial charge in [0.25, 0.3) is 11.8 Å². The van der Waals surface area contributed by atoms with Gasteiger partial charge in [0.2, 0.25) is 0 Å². The number of rotatable bonds is 5. The number of benzene rings is 1. The minimum Gasteiger partial charge on any atom is -0.477 e.